The number of carbonyl (C=O) groups excluding carboxylic acids is 3. The van der Waals surface area contributed by atoms with E-state index in [2.05, 4.69) is 25.3 Å². The lowest BCUT2D eigenvalue weighted by Gasteiger charge is -2.10. The first-order valence-corrected chi connectivity index (χ1v) is 9.91. The number of methoxy groups -OCH3 is 1. The Hall–Kier alpha value is -4.53. The molecule has 3 N–H and O–H groups in total. The van der Waals surface area contributed by atoms with E-state index >= 15 is 0 Å². The van der Waals surface area contributed by atoms with Crippen LogP contribution in [0.25, 0.3) is 11.0 Å². The second-order valence-electron chi connectivity index (χ2n) is 7.23. The van der Waals surface area contributed by atoms with E-state index in [4.69, 9.17) is 0 Å². The van der Waals surface area contributed by atoms with Gasteiger partial charge >= 0.3 is 6.09 Å². The van der Waals surface area contributed by atoms with Gasteiger partial charge in [-0.15, -0.1) is 0 Å². The van der Waals surface area contributed by atoms with Crippen molar-refractivity contribution < 1.29 is 23.5 Å². The maximum absolute atomic E-state index is 13.5. The van der Waals surface area contributed by atoms with Crippen molar-refractivity contribution in [3.63, 3.8) is 0 Å². The van der Waals surface area contributed by atoms with Gasteiger partial charge in [-0.2, -0.15) is 0 Å². The number of halogens is 1. The molecule has 4 aromatic rings. The van der Waals surface area contributed by atoms with Gasteiger partial charge in [-0.25, -0.2) is 14.2 Å². The zero-order chi connectivity index (χ0) is 23.5. The number of carbonyl (C=O) groups is 3. The smallest absolute Gasteiger partial charge is 0.413 e. The highest BCUT2D eigenvalue weighted by Gasteiger charge is 2.19. The molecule has 0 saturated carbocycles. The number of rotatable bonds is 5. The molecule has 0 bridgehead atoms. The highest BCUT2D eigenvalue weighted by atomic mass is 19.1. The average Bonchev–Trinajstić information content (AvgIpc) is 3.22. The van der Waals surface area contributed by atoms with Gasteiger partial charge in [0.2, 0.25) is 5.95 Å². The predicted octanol–water partition coefficient (Wildman–Crippen LogP) is 4.67. The molecule has 0 aliphatic heterocycles. The molecule has 3 aromatic carbocycles. The Balaban J connectivity index is 1.62. The number of hydrogen-bond acceptors (Lipinski definition) is 5. The largest absolute Gasteiger partial charge is 0.453 e. The van der Waals surface area contributed by atoms with E-state index in [0.717, 1.165) is 0 Å². The molecule has 0 unspecified atom stereocenters. The number of aromatic amines is 1. The van der Waals surface area contributed by atoms with Crippen LogP contribution in [0.4, 0.5) is 20.8 Å². The van der Waals surface area contributed by atoms with E-state index in [9.17, 15) is 18.8 Å². The summed E-state index contributed by atoms with van der Waals surface area (Å²) in [6, 6.07) is 15.5. The van der Waals surface area contributed by atoms with E-state index in [-0.39, 0.29) is 28.7 Å². The minimum absolute atomic E-state index is 0.177. The van der Waals surface area contributed by atoms with Crippen LogP contribution in [0.3, 0.4) is 0 Å². The summed E-state index contributed by atoms with van der Waals surface area (Å²) in [5.74, 6) is -1.05. The molecular weight excluding hydrogens is 427 g/mol. The molecule has 0 spiro atoms. The number of benzene rings is 3. The van der Waals surface area contributed by atoms with Gasteiger partial charge in [0.05, 0.1) is 23.7 Å². The average molecular weight is 446 g/mol. The fraction of sp³-hybridized carbons (Fsp3) is 0.0833. The van der Waals surface area contributed by atoms with Gasteiger partial charge in [0.25, 0.3) is 5.91 Å². The lowest BCUT2D eigenvalue weighted by Crippen LogP contribution is -2.17. The molecule has 0 aliphatic rings. The molecule has 1 heterocycles. The van der Waals surface area contributed by atoms with E-state index < -0.39 is 12.0 Å². The molecule has 0 fully saturated rings. The summed E-state index contributed by atoms with van der Waals surface area (Å²) in [4.78, 5) is 44.6. The van der Waals surface area contributed by atoms with Crippen molar-refractivity contribution in [1.29, 1.82) is 0 Å². The van der Waals surface area contributed by atoms with Gasteiger partial charge in [0.1, 0.15) is 5.82 Å². The molecule has 0 saturated heterocycles. The van der Waals surface area contributed by atoms with E-state index in [1.807, 2.05) is 0 Å². The van der Waals surface area contributed by atoms with Crippen molar-refractivity contribution in [2.75, 3.05) is 17.7 Å². The van der Waals surface area contributed by atoms with Crippen molar-refractivity contribution in [3.8, 4) is 0 Å². The number of ether oxygens (including phenoxy) is 1. The van der Waals surface area contributed by atoms with Crippen LogP contribution >= 0.6 is 0 Å². The van der Waals surface area contributed by atoms with Crippen molar-refractivity contribution in [2.24, 2.45) is 0 Å². The summed E-state index contributed by atoms with van der Waals surface area (Å²) in [7, 11) is 1.24. The first kappa shape index (κ1) is 21.7. The minimum atomic E-state index is -0.679. The quantitative estimate of drug-likeness (QED) is 0.386. The maximum atomic E-state index is 13.5. The molecule has 4 rings (SSSR count). The van der Waals surface area contributed by atoms with Crippen LogP contribution in [0.15, 0.2) is 60.7 Å². The molecule has 8 nitrogen and oxygen atoms in total. The van der Waals surface area contributed by atoms with Crippen molar-refractivity contribution in [1.82, 2.24) is 9.97 Å². The fourth-order valence-electron chi connectivity index (χ4n) is 3.31. The summed E-state index contributed by atoms with van der Waals surface area (Å²) in [6.45, 7) is 1.60. The Kier molecular flexibility index (Phi) is 5.86. The third-order valence-corrected chi connectivity index (χ3v) is 4.98. The van der Waals surface area contributed by atoms with Crippen LogP contribution in [-0.4, -0.2) is 34.9 Å². The number of amides is 2. The van der Waals surface area contributed by atoms with Crippen LogP contribution < -0.4 is 10.6 Å². The molecular formula is C24H19FN4O4. The number of ketones is 1. The predicted molar refractivity (Wildman–Crippen MR) is 121 cm³/mol. The third kappa shape index (κ3) is 4.57. The number of hydrogen-bond donors (Lipinski definition) is 3. The van der Waals surface area contributed by atoms with Crippen LogP contribution in [0.2, 0.25) is 0 Å². The van der Waals surface area contributed by atoms with Gasteiger partial charge in [0, 0.05) is 16.8 Å². The van der Waals surface area contributed by atoms with Gasteiger partial charge < -0.3 is 15.0 Å². The maximum Gasteiger partial charge on any atom is 0.413 e. The number of nitrogens with zero attached hydrogens (tertiary/aromatic N) is 1. The first-order chi connectivity index (χ1) is 15.9. The van der Waals surface area contributed by atoms with Crippen molar-refractivity contribution >= 4 is 40.5 Å². The Bertz CT molecular complexity index is 1400. The lowest BCUT2D eigenvalue weighted by molar-refractivity contribution is 0.0996. The van der Waals surface area contributed by atoms with Crippen LogP contribution in [0, 0.1) is 12.7 Å². The number of fused-ring (bicyclic) bond motifs is 1. The number of H-pyrrole nitrogens is 1. The molecule has 33 heavy (non-hydrogen) atoms. The summed E-state index contributed by atoms with van der Waals surface area (Å²) in [6.07, 6.45) is -0.679. The Morgan fingerprint density at radius 1 is 0.970 bits per heavy atom. The molecule has 0 aliphatic carbocycles. The monoisotopic (exact) mass is 446 g/mol. The van der Waals surface area contributed by atoms with E-state index in [1.54, 1.807) is 49.4 Å². The Morgan fingerprint density at radius 3 is 2.45 bits per heavy atom. The van der Waals surface area contributed by atoms with Crippen molar-refractivity contribution in [2.45, 2.75) is 6.92 Å². The molecule has 2 amide bonds. The normalized spacial score (nSPS) is 10.6. The molecule has 0 radical (unpaired) electrons. The standard InChI is InChI=1S/C24H19FN4O4/c1-13-11-15(8-9-18(13)25)26-22(31)17-6-4-3-5-16(17)21(30)14-7-10-19-20(12-14)28-23(27-19)29-24(32)33-2/h3-12H,1-2H3,(H,26,31)(H2,27,28,29,32). The number of aryl methyl sites for hydroxylation is 1. The summed E-state index contributed by atoms with van der Waals surface area (Å²) < 4.78 is 18.1. The summed E-state index contributed by atoms with van der Waals surface area (Å²) >= 11 is 0. The zero-order valence-electron chi connectivity index (χ0n) is 17.7. The van der Waals surface area contributed by atoms with Crippen LogP contribution in [-0.2, 0) is 4.74 Å². The summed E-state index contributed by atoms with van der Waals surface area (Å²) in [5, 5.41) is 5.13. The zero-order valence-corrected chi connectivity index (χ0v) is 17.7. The SMILES string of the molecule is COC(=O)Nc1nc2ccc(C(=O)c3ccccc3C(=O)Nc3ccc(F)c(C)c3)cc2[nH]1. The number of aromatic nitrogens is 2. The van der Waals surface area contributed by atoms with Crippen LogP contribution in [0.5, 0.6) is 0 Å². The molecule has 0 atom stereocenters. The van der Waals surface area contributed by atoms with Gasteiger partial charge in [-0.1, -0.05) is 18.2 Å². The molecule has 1 aromatic heterocycles. The third-order valence-electron chi connectivity index (χ3n) is 4.98. The van der Waals surface area contributed by atoms with Crippen molar-refractivity contribution in [3.05, 3.63) is 88.7 Å². The highest BCUT2D eigenvalue weighted by Crippen LogP contribution is 2.22. The molecule has 166 valence electrons. The van der Waals surface area contributed by atoms with Gasteiger partial charge in [-0.3, -0.25) is 14.9 Å². The molecule has 9 heteroatoms. The Morgan fingerprint density at radius 2 is 1.73 bits per heavy atom. The number of nitrogens with one attached hydrogen (secondary N) is 3. The Labute approximate surface area is 187 Å². The van der Waals surface area contributed by atoms with E-state index in [1.165, 1.54) is 25.3 Å². The van der Waals surface area contributed by atoms with E-state index in [0.29, 0.717) is 27.8 Å². The highest BCUT2D eigenvalue weighted by molar-refractivity contribution is 6.18. The fourth-order valence-corrected chi connectivity index (χ4v) is 3.31. The lowest BCUT2D eigenvalue weighted by atomic mass is 9.97. The first-order valence-electron chi connectivity index (χ1n) is 9.91. The summed E-state index contributed by atoms with van der Waals surface area (Å²) in [5.41, 5.74) is 2.60. The number of anilines is 2. The number of imidazole rings is 1. The van der Waals surface area contributed by atoms with Gasteiger partial charge in [-0.05, 0) is 55.0 Å². The second kappa shape index (κ2) is 8.91. The second-order valence-corrected chi connectivity index (χ2v) is 7.23. The van der Waals surface area contributed by atoms with Crippen LogP contribution in [0.1, 0.15) is 31.8 Å². The van der Waals surface area contributed by atoms with Gasteiger partial charge in [0.15, 0.2) is 5.78 Å². The topological polar surface area (TPSA) is 113 Å². The minimum Gasteiger partial charge on any atom is -0.453 e.